The maximum atomic E-state index is 9.71. The Kier molecular flexibility index (Phi) is 5.27. The Morgan fingerprint density at radius 1 is 1.37 bits per heavy atom. The fourth-order valence-electron chi connectivity index (χ4n) is 3.58. The Balaban J connectivity index is 1.80. The molecule has 1 aliphatic carbocycles. The van der Waals surface area contributed by atoms with E-state index in [4.69, 9.17) is 0 Å². The van der Waals surface area contributed by atoms with Gasteiger partial charge in [0.25, 0.3) is 0 Å². The van der Waals surface area contributed by atoms with Crippen LogP contribution in [0.2, 0.25) is 0 Å². The number of rotatable bonds is 8. The molecule has 0 aromatic carbocycles. The smallest absolute Gasteiger partial charge is 0.0611 e. The number of hydrogen-bond donors (Lipinski definition) is 2. The van der Waals surface area contributed by atoms with Crippen molar-refractivity contribution in [3.63, 3.8) is 0 Å². The Hall–Kier alpha value is -0.120. The number of likely N-dealkylation sites (tertiary alicyclic amines) is 1. The van der Waals surface area contributed by atoms with Gasteiger partial charge in [0, 0.05) is 24.2 Å². The molecule has 0 radical (unpaired) electrons. The first-order chi connectivity index (χ1) is 9.06. The molecule has 19 heavy (non-hydrogen) atoms. The van der Waals surface area contributed by atoms with Crippen molar-refractivity contribution in [2.45, 2.75) is 76.9 Å². The molecule has 1 saturated heterocycles. The lowest BCUT2D eigenvalue weighted by Gasteiger charge is -2.35. The highest BCUT2D eigenvalue weighted by Crippen LogP contribution is 2.28. The minimum absolute atomic E-state index is 0.0938. The Morgan fingerprint density at radius 2 is 2.11 bits per heavy atom. The van der Waals surface area contributed by atoms with Gasteiger partial charge in [-0.3, -0.25) is 0 Å². The summed E-state index contributed by atoms with van der Waals surface area (Å²) in [5, 5.41) is 13.3. The SMILES string of the molecule is CCCC1CCN(C(C)CC(C)(CO)NC2CC2)C1. The van der Waals surface area contributed by atoms with E-state index in [0.29, 0.717) is 12.1 Å². The molecule has 2 N–H and O–H groups in total. The van der Waals surface area contributed by atoms with Crippen LogP contribution < -0.4 is 5.32 Å². The predicted octanol–water partition coefficient (Wildman–Crippen LogP) is 2.39. The molecule has 0 aromatic heterocycles. The van der Waals surface area contributed by atoms with Gasteiger partial charge in [-0.15, -0.1) is 0 Å². The lowest BCUT2D eigenvalue weighted by atomic mass is 9.93. The summed E-state index contributed by atoms with van der Waals surface area (Å²) in [6.45, 7) is 9.56. The Bertz CT molecular complexity index is 280. The highest BCUT2D eigenvalue weighted by atomic mass is 16.3. The van der Waals surface area contributed by atoms with Crippen molar-refractivity contribution in [2.75, 3.05) is 19.7 Å². The van der Waals surface area contributed by atoms with Crippen LogP contribution in [0.25, 0.3) is 0 Å². The monoisotopic (exact) mass is 268 g/mol. The second-order valence-electron chi connectivity index (χ2n) is 7.13. The number of nitrogens with one attached hydrogen (secondary N) is 1. The summed E-state index contributed by atoms with van der Waals surface area (Å²) >= 11 is 0. The van der Waals surface area contributed by atoms with E-state index in [1.54, 1.807) is 0 Å². The molecule has 3 nitrogen and oxygen atoms in total. The standard InChI is InChI=1S/C16H32N2O/c1-4-5-14-8-9-18(11-14)13(2)10-16(3,12-19)17-15-6-7-15/h13-15,17,19H,4-12H2,1-3H3. The van der Waals surface area contributed by atoms with Crippen LogP contribution in [0, 0.1) is 5.92 Å². The molecule has 1 saturated carbocycles. The fraction of sp³-hybridized carbons (Fsp3) is 1.00. The minimum Gasteiger partial charge on any atom is -0.394 e. The first kappa shape index (κ1) is 15.3. The molecule has 3 heteroatoms. The second kappa shape index (κ2) is 6.55. The van der Waals surface area contributed by atoms with E-state index in [1.807, 2.05) is 0 Å². The molecule has 1 aliphatic heterocycles. The van der Waals surface area contributed by atoms with Gasteiger partial charge in [-0.05, 0) is 58.4 Å². The highest BCUT2D eigenvalue weighted by Gasteiger charge is 2.35. The molecular formula is C16H32N2O. The molecule has 0 spiro atoms. The number of aliphatic hydroxyl groups is 1. The van der Waals surface area contributed by atoms with E-state index >= 15 is 0 Å². The summed E-state index contributed by atoms with van der Waals surface area (Å²) < 4.78 is 0. The molecular weight excluding hydrogens is 236 g/mol. The van der Waals surface area contributed by atoms with Crippen LogP contribution in [0.5, 0.6) is 0 Å². The zero-order valence-electron chi connectivity index (χ0n) is 13.0. The Morgan fingerprint density at radius 3 is 2.68 bits per heavy atom. The van der Waals surface area contributed by atoms with Crippen molar-refractivity contribution < 1.29 is 5.11 Å². The third-order valence-corrected chi connectivity index (χ3v) is 4.86. The lowest BCUT2D eigenvalue weighted by Crippen LogP contribution is -2.51. The maximum Gasteiger partial charge on any atom is 0.0611 e. The summed E-state index contributed by atoms with van der Waals surface area (Å²) in [7, 11) is 0. The quantitative estimate of drug-likeness (QED) is 0.709. The van der Waals surface area contributed by atoms with Gasteiger partial charge in [0.2, 0.25) is 0 Å². The average molecular weight is 268 g/mol. The first-order valence-electron chi connectivity index (χ1n) is 8.19. The third-order valence-electron chi connectivity index (χ3n) is 4.86. The third kappa shape index (κ3) is 4.44. The van der Waals surface area contributed by atoms with Gasteiger partial charge in [0.1, 0.15) is 0 Å². The van der Waals surface area contributed by atoms with Gasteiger partial charge in [-0.1, -0.05) is 13.3 Å². The first-order valence-corrected chi connectivity index (χ1v) is 8.19. The average Bonchev–Trinajstić information content (AvgIpc) is 3.05. The van der Waals surface area contributed by atoms with Crippen LogP contribution in [0.15, 0.2) is 0 Å². The summed E-state index contributed by atoms with van der Waals surface area (Å²) in [6.07, 6.45) is 7.67. The number of aliphatic hydroxyl groups excluding tert-OH is 1. The molecule has 0 aromatic rings. The summed E-state index contributed by atoms with van der Waals surface area (Å²) in [4.78, 5) is 2.63. The van der Waals surface area contributed by atoms with Gasteiger partial charge in [0.05, 0.1) is 6.61 Å². The number of hydrogen-bond acceptors (Lipinski definition) is 3. The van der Waals surface area contributed by atoms with E-state index in [-0.39, 0.29) is 12.1 Å². The van der Waals surface area contributed by atoms with Crippen LogP contribution in [-0.4, -0.2) is 47.3 Å². The molecule has 2 aliphatic rings. The van der Waals surface area contributed by atoms with Crippen LogP contribution in [0.3, 0.4) is 0 Å². The fourth-order valence-corrected chi connectivity index (χ4v) is 3.58. The second-order valence-corrected chi connectivity index (χ2v) is 7.13. The summed E-state index contributed by atoms with van der Waals surface area (Å²) in [6, 6.07) is 1.24. The van der Waals surface area contributed by atoms with Gasteiger partial charge < -0.3 is 15.3 Å². The predicted molar refractivity (Wildman–Crippen MR) is 80.3 cm³/mol. The van der Waals surface area contributed by atoms with Gasteiger partial charge in [-0.2, -0.15) is 0 Å². The van der Waals surface area contributed by atoms with Crippen molar-refractivity contribution in [2.24, 2.45) is 5.92 Å². The van der Waals surface area contributed by atoms with Crippen LogP contribution in [-0.2, 0) is 0 Å². The van der Waals surface area contributed by atoms with Crippen molar-refractivity contribution in [1.82, 2.24) is 10.2 Å². The van der Waals surface area contributed by atoms with Crippen LogP contribution in [0.4, 0.5) is 0 Å². The van der Waals surface area contributed by atoms with Gasteiger partial charge in [-0.25, -0.2) is 0 Å². The molecule has 2 rings (SSSR count). The summed E-state index contributed by atoms with van der Waals surface area (Å²) in [5.41, 5.74) is -0.0938. The molecule has 3 unspecified atom stereocenters. The van der Waals surface area contributed by atoms with E-state index in [9.17, 15) is 5.11 Å². The molecule has 112 valence electrons. The van der Waals surface area contributed by atoms with E-state index in [1.165, 1.54) is 45.2 Å². The zero-order chi connectivity index (χ0) is 13.9. The topological polar surface area (TPSA) is 35.5 Å². The van der Waals surface area contributed by atoms with E-state index in [2.05, 4.69) is 31.0 Å². The van der Waals surface area contributed by atoms with Gasteiger partial charge >= 0.3 is 0 Å². The molecule has 0 bridgehead atoms. The van der Waals surface area contributed by atoms with Crippen molar-refractivity contribution >= 4 is 0 Å². The van der Waals surface area contributed by atoms with Crippen molar-refractivity contribution in [1.29, 1.82) is 0 Å². The van der Waals surface area contributed by atoms with Crippen molar-refractivity contribution in [3.05, 3.63) is 0 Å². The Labute approximate surface area is 118 Å². The van der Waals surface area contributed by atoms with Gasteiger partial charge in [0.15, 0.2) is 0 Å². The minimum atomic E-state index is -0.0938. The molecule has 0 amide bonds. The summed E-state index contributed by atoms with van der Waals surface area (Å²) in [5.74, 6) is 0.907. The van der Waals surface area contributed by atoms with Crippen molar-refractivity contribution in [3.8, 4) is 0 Å². The highest BCUT2D eigenvalue weighted by molar-refractivity contribution is 4.95. The van der Waals surface area contributed by atoms with Crippen LogP contribution in [0.1, 0.15) is 59.3 Å². The largest absolute Gasteiger partial charge is 0.394 e. The lowest BCUT2D eigenvalue weighted by molar-refractivity contribution is 0.122. The normalized spacial score (nSPS) is 29.4. The molecule has 2 fully saturated rings. The number of nitrogens with zero attached hydrogens (tertiary/aromatic N) is 1. The zero-order valence-corrected chi connectivity index (χ0v) is 13.0. The molecule has 3 atom stereocenters. The van der Waals surface area contributed by atoms with E-state index in [0.717, 1.165) is 12.3 Å². The molecule has 1 heterocycles. The maximum absolute atomic E-state index is 9.71. The van der Waals surface area contributed by atoms with Crippen LogP contribution >= 0.6 is 0 Å². The van der Waals surface area contributed by atoms with E-state index < -0.39 is 0 Å².